The van der Waals surface area contributed by atoms with Crippen LogP contribution in [0.3, 0.4) is 0 Å². The average molecular weight is 186 g/mol. The summed E-state index contributed by atoms with van der Waals surface area (Å²) in [6.07, 6.45) is 5.36. The zero-order chi connectivity index (χ0) is 10.2. The smallest absolute Gasteiger partial charge is 0.0565 e. The first-order valence-corrected chi connectivity index (χ1v) is 4.44. The van der Waals surface area contributed by atoms with Crippen molar-refractivity contribution >= 4 is 11.9 Å². The quantitative estimate of drug-likeness (QED) is 0.567. The SMILES string of the molecule is C=C/C=C(\C=NC)Nc1ccccc1. The summed E-state index contributed by atoms with van der Waals surface area (Å²) >= 11 is 0. The van der Waals surface area contributed by atoms with Gasteiger partial charge in [-0.25, -0.2) is 0 Å². The van der Waals surface area contributed by atoms with Gasteiger partial charge in [0, 0.05) is 18.9 Å². The largest absolute Gasteiger partial charge is 0.354 e. The van der Waals surface area contributed by atoms with Crippen molar-refractivity contribution in [3.8, 4) is 0 Å². The second kappa shape index (κ2) is 5.75. The summed E-state index contributed by atoms with van der Waals surface area (Å²) in [7, 11) is 1.74. The van der Waals surface area contributed by atoms with E-state index in [0.717, 1.165) is 11.4 Å². The van der Waals surface area contributed by atoms with E-state index >= 15 is 0 Å². The van der Waals surface area contributed by atoms with Crippen LogP contribution >= 0.6 is 0 Å². The van der Waals surface area contributed by atoms with Crippen molar-refractivity contribution in [1.82, 2.24) is 0 Å². The van der Waals surface area contributed by atoms with Gasteiger partial charge in [0.05, 0.1) is 5.70 Å². The summed E-state index contributed by atoms with van der Waals surface area (Å²) in [6.45, 7) is 3.65. The third-order valence-electron chi connectivity index (χ3n) is 1.63. The van der Waals surface area contributed by atoms with Crippen LogP contribution in [-0.4, -0.2) is 13.3 Å². The average Bonchev–Trinajstić information content (AvgIpc) is 2.20. The molecule has 0 aliphatic heterocycles. The van der Waals surface area contributed by atoms with E-state index < -0.39 is 0 Å². The lowest BCUT2D eigenvalue weighted by Crippen LogP contribution is -1.99. The summed E-state index contributed by atoms with van der Waals surface area (Å²) in [5.74, 6) is 0. The first kappa shape index (κ1) is 10.3. The fraction of sp³-hybridized carbons (Fsp3) is 0.0833. The van der Waals surface area contributed by atoms with E-state index in [-0.39, 0.29) is 0 Å². The molecule has 72 valence electrons. The van der Waals surface area contributed by atoms with Gasteiger partial charge in [0.1, 0.15) is 0 Å². The van der Waals surface area contributed by atoms with Gasteiger partial charge in [-0.1, -0.05) is 30.9 Å². The van der Waals surface area contributed by atoms with Crippen molar-refractivity contribution < 1.29 is 0 Å². The minimum absolute atomic E-state index is 0.925. The lowest BCUT2D eigenvalue weighted by Gasteiger charge is -2.05. The van der Waals surface area contributed by atoms with E-state index in [1.54, 1.807) is 19.3 Å². The van der Waals surface area contributed by atoms with Gasteiger partial charge in [0.25, 0.3) is 0 Å². The first-order chi connectivity index (χ1) is 6.86. The lowest BCUT2D eigenvalue weighted by atomic mass is 10.3. The van der Waals surface area contributed by atoms with Crippen LogP contribution in [0.4, 0.5) is 5.69 Å². The highest BCUT2D eigenvalue weighted by Crippen LogP contribution is 2.07. The third-order valence-corrected chi connectivity index (χ3v) is 1.63. The molecule has 0 fully saturated rings. The Kier molecular flexibility index (Phi) is 4.21. The molecular weight excluding hydrogens is 172 g/mol. The van der Waals surface area contributed by atoms with Crippen LogP contribution in [0.25, 0.3) is 0 Å². The maximum absolute atomic E-state index is 3.95. The number of anilines is 1. The predicted molar refractivity (Wildman–Crippen MR) is 62.8 cm³/mol. The molecule has 14 heavy (non-hydrogen) atoms. The van der Waals surface area contributed by atoms with Crippen molar-refractivity contribution in [3.63, 3.8) is 0 Å². The highest BCUT2D eigenvalue weighted by atomic mass is 14.9. The molecule has 0 bridgehead atoms. The highest BCUT2D eigenvalue weighted by molar-refractivity contribution is 5.83. The number of hydrogen-bond donors (Lipinski definition) is 1. The summed E-state index contributed by atoms with van der Waals surface area (Å²) in [6, 6.07) is 9.95. The van der Waals surface area contributed by atoms with E-state index in [1.165, 1.54) is 0 Å². The Morgan fingerprint density at radius 2 is 2.07 bits per heavy atom. The first-order valence-electron chi connectivity index (χ1n) is 4.44. The molecule has 1 rings (SSSR count). The maximum Gasteiger partial charge on any atom is 0.0565 e. The molecule has 0 spiro atoms. The van der Waals surface area contributed by atoms with Crippen LogP contribution in [0.15, 0.2) is 59.8 Å². The van der Waals surface area contributed by atoms with Gasteiger partial charge >= 0.3 is 0 Å². The molecule has 1 N–H and O–H groups in total. The number of para-hydroxylation sites is 1. The van der Waals surface area contributed by atoms with Gasteiger partial charge in [0.15, 0.2) is 0 Å². The molecule has 0 aromatic heterocycles. The van der Waals surface area contributed by atoms with Crippen molar-refractivity contribution in [3.05, 3.63) is 54.8 Å². The molecular formula is C12H14N2. The predicted octanol–water partition coefficient (Wildman–Crippen LogP) is 2.87. The van der Waals surface area contributed by atoms with E-state index in [9.17, 15) is 0 Å². The Morgan fingerprint density at radius 1 is 1.36 bits per heavy atom. The number of nitrogens with one attached hydrogen (secondary N) is 1. The second-order valence-electron chi connectivity index (χ2n) is 2.74. The molecule has 1 aromatic rings. The molecule has 0 unspecified atom stereocenters. The number of aliphatic imine (C=N–C) groups is 1. The number of benzene rings is 1. The number of allylic oxidation sites excluding steroid dienone is 3. The van der Waals surface area contributed by atoms with Crippen molar-refractivity contribution in [2.75, 3.05) is 12.4 Å². The van der Waals surface area contributed by atoms with Crippen molar-refractivity contribution in [2.24, 2.45) is 4.99 Å². The third kappa shape index (κ3) is 3.27. The number of nitrogens with zero attached hydrogens (tertiary/aromatic N) is 1. The zero-order valence-corrected chi connectivity index (χ0v) is 8.27. The lowest BCUT2D eigenvalue weighted by molar-refractivity contribution is 1.44. The molecule has 0 aliphatic rings. The summed E-state index contributed by atoms with van der Waals surface area (Å²) < 4.78 is 0. The van der Waals surface area contributed by atoms with Gasteiger partial charge in [-0.3, -0.25) is 4.99 Å². The van der Waals surface area contributed by atoms with Crippen LogP contribution in [0, 0.1) is 0 Å². The molecule has 0 radical (unpaired) electrons. The molecule has 0 heterocycles. The molecule has 0 amide bonds. The molecule has 0 aliphatic carbocycles. The number of hydrogen-bond acceptors (Lipinski definition) is 2. The Morgan fingerprint density at radius 3 is 2.64 bits per heavy atom. The molecule has 1 aromatic carbocycles. The summed E-state index contributed by atoms with van der Waals surface area (Å²) in [4.78, 5) is 3.95. The maximum atomic E-state index is 3.95. The Labute approximate surface area is 84.7 Å². The monoisotopic (exact) mass is 186 g/mol. The van der Waals surface area contributed by atoms with E-state index in [1.807, 2.05) is 36.4 Å². The van der Waals surface area contributed by atoms with Gasteiger partial charge < -0.3 is 5.32 Å². The van der Waals surface area contributed by atoms with Gasteiger partial charge in [-0.15, -0.1) is 0 Å². The number of rotatable bonds is 4. The fourth-order valence-corrected chi connectivity index (χ4v) is 1.07. The van der Waals surface area contributed by atoms with Crippen LogP contribution < -0.4 is 5.32 Å². The molecule has 0 saturated carbocycles. The van der Waals surface area contributed by atoms with Crippen molar-refractivity contribution in [2.45, 2.75) is 0 Å². The van der Waals surface area contributed by atoms with Crippen LogP contribution in [-0.2, 0) is 0 Å². The topological polar surface area (TPSA) is 24.4 Å². The van der Waals surface area contributed by atoms with Gasteiger partial charge in [-0.05, 0) is 18.2 Å². The Hall–Kier alpha value is -1.83. The van der Waals surface area contributed by atoms with E-state index in [0.29, 0.717) is 0 Å². The minimum atomic E-state index is 0.925. The molecule has 2 nitrogen and oxygen atoms in total. The van der Waals surface area contributed by atoms with Gasteiger partial charge in [0.2, 0.25) is 0 Å². The molecule has 2 heteroatoms. The van der Waals surface area contributed by atoms with Crippen LogP contribution in [0.5, 0.6) is 0 Å². The highest BCUT2D eigenvalue weighted by Gasteiger charge is 1.91. The van der Waals surface area contributed by atoms with E-state index in [4.69, 9.17) is 0 Å². The summed E-state index contributed by atoms with van der Waals surface area (Å²) in [5, 5.41) is 3.22. The Balaban J connectivity index is 2.75. The summed E-state index contributed by atoms with van der Waals surface area (Å²) in [5.41, 5.74) is 1.97. The Bertz CT molecular complexity index is 337. The van der Waals surface area contributed by atoms with E-state index in [2.05, 4.69) is 16.9 Å². The minimum Gasteiger partial charge on any atom is -0.354 e. The standard InChI is InChI=1S/C12H14N2/c1-3-7-12(10-13-2)14-11-8-5-4-6-9-11/h3-10,14H,1H2,2H3/b12-7+,13-10?. The van der Waals surface area contributed by atoms with Gasteiger partial charge in [-0.2, -0.15) is 0 Å². The molecule has 0 saturated heterocycles. The normalized spacial score (nSPS) is 11.6. The fourth-order valence-electron chi connectivity index (χ4n) is 1.07. The van der Waals surface area contributed by atoms with Crippen LogP contribution in [0.2, 0.25) is 0 Å². The zero-order valence-electron chi connectivity index (χ0n) is 8.27. The van der Waals surface area contributed by atoms with Crippen molar-refractivity contribution in [1.29, 1.82) is 0 Å². The second-order valence-corrected chi connectivity index (χ2v) is 2.74. The van der Waals surface area contributed by atoms with Crippen LogP contribution in [0.1, 0.15) is 0 Å². The molecule has 0 atom stereocenters.